The first-order valence-corrected chi connectivity index (χ1v) is 15.5. The quantitative estimate of drug-likeness (QED) is 0.181. The normalized spacial score (nSPS) is 15.7. The van der Waals surface area contributed by atoms with E-state index in [9.17, 15) is 19.5 Å². The van der Waals surface area contributed by atoms with Crippen molar-refractivity contribution < 1.29 is 24.2 Å². The molecular weight excluding hydrogens is 548 g/mol. The second-order valence-electron chi connectivity index (χ2n) is 11.2. The molecule has 0 bridgehead atoms. The molecule has 2 unspecified atom stereocenters. The van der Waals surface area contributed by atoms with Gasteiger partial charge in [-0.2, -0.15) is 4.98 Å². The fraction of sp³-hybridized carbons (Fsp3) is 0.594. The van der Waals surface area contributed by atoms with E-state index in [-0.39, 0.29) is 24.2 Å². The first kappa shape index (κ1) is 33.8. The number of aliphatic carboxylic acids is 1. The molecule has 1 fully saturated rings. The van der Waals surface area contributed by atoms with Gasteiger partial charge in [-0.05, 0) is 63.1 Å². The summed E-state index contributed by atoms with van der Waals surface area (Å²) in [5, 5.41) is 13.2. The van der Waals surface area contributed by atoms with E-state index in [2.05, 4.69) is 22.2 Å². The molecule has 11 nitrogen and oxygen atoms in total. The molecule has 3 rings (SSSR count). The van der Waals surface area contributed by atoms with Crippen LogP contribution in [0, 0.1) is 6.92 Å². The Labute approximate surface area is 255 Å². The number of rotatable bonds is 17. The molecule has 0 saturated carbocycles. The number of nitrogens with zero attached hydrogens (tertiary/aromatic N) is 4. The van der Waals surface area contributed by atoms with Crippen molar-refractivity contribution in [3.05, 3.63) is 46.6 Å². The zero-order chi connectivity index (χ0) is 31.4. The van der Waals surface area contributed by atoms with E-state index in [0.717, 1.165) is 60.4 Å². The number of benzene rings is 1. The Balaban J connectivity index is 1.83. The maximum Gasteiger partial charge on any atom is 0.320 e. The van der Waals surface area contributed by atoms with E-state index in [1.807, 2.05) is 47.9 Å². The van der Waals surface area contributed by atoms with E-state index in [1.165, 1.54) is 7.11 Å². The van der Waals surface area contributed by atoms with Crippen LogP contribution in [0.2, 0.25) is 0 Å². The van der Waals surface area contributed by atoms with Crippen molar-refractivity contribution in [1.29, 1.82) is 0 Å². The number of hydrogen-bond acceptors (Lipinski definition) is 9. The summed E-state index contributed by atoms with van der Waals surface area (Å²) in [5.74, 6) is -0.333. The van der Waals surface area contributed by atoms with Gasteiger partial charge in [0, 0.05) is 30.9 Å². The number of amides is 1. The van der Waals surface area contributed by atoms with Gasteiger partial charge in [-0.25, -0.2) is 4.98 Å². The molecule has 1 aromatic heterocycles. The Morgan fingerprint density at radius 2 is 1.95 bits per heavy atom. The fourth-order valence-corrected chi connectivity index (χ4v) is 5.85. The van der Waals surface area contributed by atoms with Gasteiger partial charge in [-0.15, -0.1) is 0 Å². The van der Waals surface area contributed by atoms with Crippen molar-refractivity contribution in [1.82, 2.24) is 19.8 Å². The van der Waals surface area contributed by atoms with Crippen molar-refractivity contribution in [2.75, 3.05) is 37.8 Å². The summed E-state index contributed by atoms with van der Waals surface area (Å²) in [6.45, 7) is 8.19. The number of ether oxygens (including phenoxy) is 1. The molecule has 2 heterocycles. The van der Waals surface area contributed by atoms with Crippen molar-refractivity contribution in [3.8, 4) is 0 Å². The number of carbonyl (C=O) groups is 3. The molecule has 1 aromatic carbocycles. The Morgan fingerprint density at radius 1 is 1.19 bits per heavy atom. The molecule has 1 aliphatic rings. The number of carboxylic acid groups (broad SMARTS) is 1. The number of likely N-dealkylation sites (tertiary alicyclic amines) is 1. The van der Waals surface area contributed by atoms with E-state index < -0.39 is 18.1 Å². The average Bonchev–Trinajstić information content (AvgIpc) is 3.46. The van der Waals surface area contributed by atoms with Crippen LogP contribution in [0.4, 0.5) is 11.8 Å². The highest BCUT2D eigenvalue weighted by atomic mass is 16.5. The van der Waals surface area contributed by atoms with Crippen molar-refractivity contribution >= 4 is 29.6 Å². The zero-order valence-corrected chi connectivity index (χ0v) is 26.1. The van der Waals surface area contributed by atoms with Gasteiger partial charge in [0.15, 0.2) is 0 Å². The minimum atomic E-state index is -0.886. The number of methoxy groups -OCH3 is 1. The predicted molar refractivity (Wildman–Crippen MR) is 167 cm³/mol. The van der Waals surface area contributed by atoms with Crippen LogP contribution in [0.3, 0.4) is 0 Å². The zero-order valence-electron chi connectivity index (χ0n) is 26.1. The average molecular weight is 597 g/mol. The standard InChI is InChI=1S/C32H48N6O5/c1-5-7-8-16-34-29-25(22(3)35-32(33)36-29)14-10-17-37(21-24-13-9-12-23(19-24)20-28(39)43-4)30(40)26(6-2)38-18-11-15-27(38)31(41)42/h9,12-13,19,26-27H,5-8,10-11,14-18,20-21H2,1-4H3,(H,41,42)(H3,33,34,35,36). The molecule has 0 aliphatic carbocycles. The van der Waals surface area contributed by atoms with Gasteiger partial charge in [0.25, 0.3) is 0 Å². The fourth-order valence-electron chi connectivity index (χ4n) is 5.85. The Hall–Kier alpha value is -3.73. The molecule has 1 amide bonds. The first-order chi connectivity index (χ1) is 20.7. The van der Waals surface area contributed by atoms with Crippen molar-refractivity contribution in [3.63, 3.8) is 0 Å². The highest BCUT2D eigenvalue weighted by Crippen LogP contribution is 2.25. The number of nitrogens with two attached hydrogens (primary N) is 1. The number of carbonyl (C=O) groups excluding carboxylic acids is 2. The molecule has 2 atom stereocenters. The Kier molecular flexibility index (Phi) is 13.2. The third-order valence-electron chi connectivity index (χ3n) is 8.06. The van der Waals surface area contributed by atoms with Crippen molar-refractivity contribution in [2.45, 2.75) is 97.2 Å². The number of aromatic nitrogens is 2. The summed E-state index contributed by atoms with van der Waals surface area (Å²) in [5.41, 5.74) is 9.46. The Bertz CT molecular complexity index is 1240. The van der Waals surface area contributed by atoms with Gasteiger partial charge in [-0.3, -0.25) is 19.3 Å². The van der Waals surface area contributed by atoms with Gasteiger partial charge < -0.3 is 25.8 Å². The molecule has 0 spiro atoms. The summed E-state index contributed by atoms with van der Waals surface area (Å²) in [7, 11) is 1.36. The van der Waals surface area contributed by atoms with Crippen LogP contribution in [-0.4, -0.2) is 81.5 Å². The van der Waals surface area contributed by atoms with Crippen LogP contribution in [0.15, 0.2) is 24.3 Å². The van der Waals surface area contributed by atoms with E-state index >= 15 is 0 Å². The lowest BCUT2D eigenvalue weighted by Gasteiger charge is -2.34. The maximum absolute atomic E-state index is 14.1. The third kappa shape index (κ3) is 9.64. The summed E-state index contributed by atoms with van der Waals surface area (Å²) in [6.07, 6.45) is 6.53. The summed E-state index contributed by atoms with van der Waals surface area (Å²) < 4.78 is 4.82. The van der Waals surface area contributed by atoms with Gasteiger partial charge >= 0.3 is 11.9 Å². The highest BCUT2D eigenvalue weighted by molar-refractivity contribution is 5.83. The van der Waals surface area contributed by atoms with Crippen LogP contribution in [-0.2, 0) is 38.5 Å². The molecule has 0 radical (unpaired) electrons. The van der Waals surface area contributed by atoms with Crippen LogP contribution in [0.5, 0.6) is 0 Å². The van der Waals surface area contributed by atoms with E-state index in [0.29, 0.717) is 45.3 Å². The molecule has 1 aliphatic heterocycles. The molecule has 1 saturated heterocycles. The molecule has 43 heavy (non-hydrogen) atoms. The predicted octanol–water partition coefficient (Wildman–Crippen LogP) is 3.97. The SMILES string of the molecule is CCCCCNc1nc(N)nc(C)c1CCCN(Cc1cccc(CC(=O)OC)c1)C(=O)C(CC)N1CCCC1C(=O)O. The number of anilines is 2. The number of carboxylic acids is 1. The molecular formula is C32H48N6O5. The van der Waals surface area contributed by atoms with Crippen LogP contribution >= 0.6 is 0 Å². The first-order valence-electron chi connectivity index (χ1n) is 15.5. The van der Waals surface area contributed by atoms with Gasteiger partial charge in [0.1, 0.15) is 11.9 Å². The van der Waals surface area contributed by atoms with Gasteiger partial charge in [0.05, 0.1) is 19.6 Å². The summed E-state index contributed by atoms with van der Waals surface area (Å²) in [6, 6.07) is 6.41. The smallest absolute Gasteiger partial charge is 0.320 e. The molecule has 11 heteroatoms. The minimum absolute atomic E-state index is 0.0859. The molecule has 236 valence electrons. The van der Waals surface area contributed by atoms with Crippen molar-refractivity contribution in [2.24, 2.45) is 0 Å². The second kappa shape index (κ2) is 16.8. The lowest BCUT2D eigenvalue weighted by molar-refractivity contribution is -0.146. The van der Waals surface area contributed by atoms with Gasteiger partial charge in [0.2, 0.25) is 11.9 Å². The third-order valence-corrected chi connectivity index (χ3v) is 8.06. The van der Waals surface area contributed by atoms with E-state index in [1.54, 1.807) is 0 Å². The summed E-state index contributed by atoms with van der Waals surface area (Å²) >= 11 is 0. The molecule has 2 aromatic rings. The number of hydrogen-bond donors (Lipinski definition) is 3. The minimum Gasteiger partial charge on any atom is -0.480 e. The second-order valence-corrected chi connectivity index (χ2v) is 11.2. The molecule has 4 N–H and O–H groups in total. The van der Waals surface area contributed by atoms with Gasteiger partial charge in [-0.1, -0.05) is 51.0 Å². The maximum atomic E-state index is 14.1. The Morgan fingerprint density at radius 3 is 2.65 bits per heavy atom. The van der Waals surface area contributed by atoms with Crippen LogP contribution < -0.4 is 11.1 Å². The lowest BCUT2D eigenvalue weighted by Crippen LogP contribution is -2.52. The highest BCUT2D eigenvalue weighted by Gasteiger charge is 2.39. The summed E-state index contributed by atoms with van der Waals surface area (Å²) in [4.78, 5) is 50.5. The number of unbranched alkanes of at least 4 members (excludes halogenated alkanes) is 2. The monoisotopic (exact) mass is 596 g/mol. The largest absolute Gasteiger partial charge is 0.480 e. The number of nitrogens with one attached hydrogen (secondary N) is 1. The topological polar surface area (TPSA) is 151 Å². The lowest BCUT2D eigenvalue weighted by atomic mass is 10.0. The number of esters is 1. The number of nitrogen functional groups attached to an aromatic ring is 1. The van der Waals surface area contributed by atoms with Crippen LogP contribution in [0.25, 0.3) is 0 Å². The van der Waals surface area contributed by atoms with E-state index in [4.69, 9.17) is 10.5 Å². The van der Waals surface area contributed by atoms with Crippen LogP contribution in [0.1, 0.15) is 81.2 Å². The number of aryl methyl sites for hydroxylation is 1.